The molecule has 3 heteroatoms. The van der Waals surface area contributed by atoms with E-state index in [2.05, 4.69) is 25.2 Å². The minimum atomic E-state index is -0.215. The molecule has 3 aliphatic carbocycles. The number of amides is 1. The number of aliphatic hydroxyl groups excluding tert-OH is 1. The number of nitrogens with one attached hydrogen (secondary N) is 1. The lowest BCUT2D eigenvalue weighted by Gasteiger charge is -2.56. The number of hydrogen-bond acceptors (Lipinski definition) is 2. The Morgan fingerprint density at radius 1 is 1.19 bits per heavy atom. The Labute approximate surface area is 127 Å². The first-order chi connectivity index (χ1) is 9.97. The summed E-state index contributed by atoms with van der Waals surface area (Å²) in [5.74, 6) is 1.18. The molecule has 21 heavy (non-hydrogen) atoms. The molecule has 0 aromatic rings. The molecule has 2 N–H and O–H groups in total. The molecular weight excluding hydrogens is 262 g/mol. The number of carbonyl (C=O) groups is 1. The first-order valence-corrected chi connectivity index (χ1v) is 8.66. The number of aliphatic hydroxyl groups is 1. The third-order valence-electron chi connectivity index (χ3n) is 7.46. The van der Waals surface area contributed by atoms with E-state index < -0.39 is 0 Å². The normalized spacial score (nSPS) is 52.3. The van der Waals surface area contributed by atoms with Gasteiger partial charge in [-0.25, -0.2) is 0 Å². The quantitative estimate of drug-likeness (QED) is 0.720. The fourth-order valence-electron chi connectivity index (χ4n) is 6.07. The van der Waals surface area contributed by atoms with Crippen molar-refractivity contribution in [3.8, 4) is 0 Å². The molecule has 1 saturated heterocycles. The van der Waals surface area contributed by atoms with Crippen molar-refractivity contribution in [3.05, 3.63) is 11.8 Å². The van der Waals surface area contributed by atoms with Crippen molar-refractivity contribution in [2.45, 2.75) is 64.9 Å². The molecule has 0 aromatic heterocycles. The van der Waals surface area contributed by atoms with Crippen LogP contribution in [0.2, 0.25) is 0 Å². The van der Waals surface area contributed by atoms with E-state index in [1.165, 1.54) is 18.5 Å². The summed E-state index contributed by atoms with van der Waals surface area (Å²) in [6.45, 7) is 4.58. The SMILES string of the molecule is C[C@]12CC[C@H]3[C@@H](C(=O)NC4=CCCC[C@@]43C)[C@@H]1CC[C@@H]2O. The average Bonchev–Trinajstić information content (AvgIpc) is 2.76. The molecule has 1 heterocycles. The number of rotatable bonds is 0. The number of fused-ring (bicyclic) bond motifs is 5. The molecule has 2 saturated carbocycles. The van der Waals surface area contributed by atoms with Crippen molar-refractivity contribution in [1.82, 2.24) is 5.32 Å². The topological polar surface area (TPSA) is 49.3 Å². The van der Waals surface area contributed by atoms with Crippen LogP contribution in [0.25, 0.3) is 0 Å². The molecule has 6 atom stereocenters. The van der Waals surface area contributed by atoms with E-state index in [4.69, 9.17) is 0 Å². The van der Waals surface area contributed by atoms with Gasteiger partial charge >= 0.3 is 0 Å². The summed E-state index contributed by atoms with van der Waals surface area (Å²) < 4.78 is 0. The molecule has 4 rings (SSSR count). The summed E-state index contributed by atoms with van der Waals surface area (Å²) in [7, 11) is 0. The van der Waals surface area contributed by atoms with E-state index in [-0.39, 0.29) is 28.8 Å². The highest BCUT2D eigenvalue weighted by Crippen LogP contribution is 2.62. The second-order valence-corrected chi connectivity index (χ2v) is 8.29. The maximum absolute atomic E-state index is 12.8. The van der Waals surface area contributed by atoms with Crippen LogP contribution in [-0.2, 0) is 4.79 Å². The van der Waals surface area contributed by atoms with E-state index in [0.717, 1.165) is 32.1 Å². The van der Waals surface area contributed by atoms with Crippen LogP contribution in [0.3, 0.4) is 0 Å². The van der Waals surface area contributed by atoms with Crippen LogP contribution >= 0.6 is 0 Å². The van der Waals surface area contributed by atoms with Crippen LogP contribution in [0.5, 0.6) is 0 Å². The van der Waals surface area contributed by atoms with E-state index in [1.807, 2.05) is 0 Å². The molecule has 1 amide bonds. The van der Waals surface area contributed by atoms with Crippen molar-refractivity contribution >= 4 is 5.91 Å². The third kappa shape index (κ3) is 1.67. The van der Waals surface area contributed by atoms with Crippen LogP contribution in [0.4, 0.5) is 0 Å². The van der Waals surface area contributed by atoms with Gasteiger partial charge < -0.3 is 10.4 Å². The summed E-state index contributed by atoms with van der Waals surface area (Å²) >= 11 is 0. The second kappa shape index (κ2) is 4.34. The molecule has 3 fully saturated rings. The van der Waals surface area contributed by atoms with Gasteiger partial charge in [0.2, 0.25) is 5.91 Å². The maximum atomic E-state index is 12.8. The van der Waals surface area contributed by atoms with Gasteiger partial charge in [-0.1, -0.05) is 19.9 Å². The van der Waals surface area contributed by atoms with E-state index in [9.17, 15) is 9.90 Å². The first kappa shape index (κ1) is 13.8. The minimum absolute atomic E-state index is 0.0370. The number of piperidine rings is 1. The Kier molecular flexibility index (Phi) is 2.86. The summed E-state index contributed by atoms with van der Waals surface area (Å²) in [5, 5.41) is 13.7. The molecule has 4 aliphatic rings. The van der Waals surface area contributed by atoms with Gasteiger partial charge in [0.05, 0.1) is 6.10 Å². The Hall–Kier alpha value is -0.830. The van der Waals surface area contributed by atoms with Gasteiger partial charge in [-0.05, 0) is 62.2 Å². The van der Waals surface area contributed by atoms with Gasteiger partial charge in [0.15, 0.2) is 0 Å². The average molecular weight is 289 g/mol. The molecule has 1 aliphatic heterocycles. The van der Waals surface area contributed by atoms with E-state index >= 15 is 0 Å². The first-order valence-electron chi connectivity index (χ1n) is 8.66. The predicted molar refractivity (Wildman–Crippen MR) is 81.2 cm³/mol. The zero-order valence-electron chi connectivity index (χ0n) is 13.2. The summed E-state index contributed by atoms with van der Waals surface area (Å²) in [4.78, 5) is 12.8. The molecule has 0 spiro atoms. The fraction of sp³-hybridized carbons (Fsp3) is 0.833. The van der Waals surface area contributed by atoms with Crippen molar-refractivity contribution in [2.75, 3.05) is 0 Å². The molecule has 116 valence electrons. The molecule has 0 unspecified atom stereocenters. The lowest BCUT2D eigenvalue weighted by atomic mass is 9.50. The van der Waals surface area contributed by atoms with E-state index in [0.29, 0.717) is 11.8 Å². The number of carbonyl (C=O) groups excluding carboxylic acids is 1. The zero-order chi connectivity index (χ0) is 14.8. The van der Waals surface area contributed by atoms with Gasteiger partial charge in [-0.3, -0.25) is 4.79 Å². The van der Waals surface area contributed by atoms with Gasteiger partial charge in [0.1, 0.15) is 0 Å². The molecule has 0 radical (unpaired) electrons. The zero-order valence-corrected chi connectivity index (χ0v) is 13.2. The van der Waals surface area contributed by atoms with Gasteiger partial charge in [-0.2, -0.15) is 0 Å². The highest BCUT2D eigenvalue weighted by atomic mass is 16.3. The molecular formula is C18H27NO2. The second-order valence-electron chi connectivity index (χ2n) is 8.29. The lowest BCUT2D eigenvalue weighted by Crippen LogP contribution is -2.59. The van der Waals surface area contributed by atoms with Gasteiger partial charge in [-0.15, -0.1) is 0 Å². The minimum Gasteiger partial charge on any atom is -0.393 e. The van der Waals surface area contributed by atoms with Crippen molar-refractivity contribution < 1.29 is 9.90 Å². The van der Waals surface area contributed by atoms with Crippen LogP contribution < -0.4 is 5.32 Å². The monoisotopic (exact) mass is 289 g/mol. The summed E-state index contributed by atoms with van der Waals surface area (Å²) in [5.41, 5.74) is 1.32. The van der Waals surface area contributed by atoms with Crippen LogP contribution in [0.15, 0.2) is 11.8 Å². The lowest BCUT2D eigenvalue weighted by molar-refractivity contribution is -0.145. The fourth-order valence-corrected chi connectivity index (χ4v) is 6.07. The summed E-state index contributed by atoms with van der Waals surface area (Å²) in [6, 6.07) is 0. The number of hydrogen-bond donors (Lipinski definition) is 2. The van der Waals surface area contributed by atoms with Crippen molar-refractivity contribution in [2.24, 2.45) is 28.6 Å². The number of allylic oxidation sites excluding steroid dienone is 2. The van der Waals surface area contributed by atoms with Gasteiger partial charge in [0.25, 0.3) is 0 Å². The Bertz CT molecular complexity index is 513. The van der Waals surface area contributed by atoms with Crippen LogP contribution in [-0.4, -0.2) is 17.1 Å². The Morgan fingerprint density at radius 2 is 2.00 bits per heavy atom. The molecule has 0 bridgehead atoms. The molecule has 0 aromatic carbocycles. The summed E-state index contributed by atoms with van der Waals surface area (Å²) in [6.07, 6.45) is 9.64. The third-order valence-corrected chi connectivity index (χ3v) is 7.46. The standard InChI is InChI=1S/C18H27NO2/c1-17-9-4-3-5-13(17)19-16(21)15-11-6-7-14(20)18(11,2)10-8-12(15)17/h5,11-12,14-15,20H,3-4,6-10H2,1-2H3,(H,19,21)/t11-,12-,14-,15-,17+,18-/m0/s1. The maximum Gasteiger partial charge on any atom is 0.227 e. The Balaban J connectivity index is 1.75. The van der Waals surface area contributed by atoms with Gasteiger partial charge in [0, 0.05) is 17.0 Å². The van der Waals surface area contributed by atoms with Crippen molar-refractivity contribution in [3.63, 3.8) is 0 Å². The Morgan fingerprint density at radius 3 is 2.81 bits per heavy atom. The van der Waals surface area contributed by atoms with Crippen molar-refractivity contribution in [1.29, 1.82) is 0 Å². The van der Waals surface area contributed by atoms with Crippen LogP contribution in [0, 0.1) is 28.6 Å². The van der Waals surface area contributed by atoms with Crippen LogP contribution in [0.1, 0.15) is 58.8 Å². The molecule has 3 nitrogen and oxygen atoms in total. The smallest absolute Gasteiger partial charge is 0.227 e. The predicted octanol–water partition coefficient (Wildman–Crippen LogP) is 2.99. The highest BCUT2D eigenvalue weighted by Gasteiger charge is 2.61. The highest BCUT2D eigenvalue weighted by molar-refractivity contribution is 5.83. The largest absolute Gasteiger partial charge is 0.393 e. The van der Waals surface area contributed by atoms with E-state index in [1.54, 1.807) is 0 Å².